The van der Waals surface area contributed by atoms with Crippen LogP contribution < -0.4 is 5.43 Å². The number of carbonyl (C=O) groups excluding carboxylic acids is 1. The van der Waals surface area contributed by atoms with Crippen LogP contribution in [0.3, 0.4) is 0 Å². The molecular weight excluding hydrogens is 378 g/mol. The summed E-state index contributed by atoms with van der Waals surface area (Å²) < 4.78 is 26.9. The van der Waals surface area contributed by atoms with E-state index in [-0.39, 0.29) is 12.5 Å². The van der Waals surface area contributed by atoms with Gasteiger partial charge in [-0.05, 0) is 36.8 Å². The molecule has 0 atom stereocenters. The van der Waals surface area contributed by atoms with E-state index in [1.807, 2.05) is 11.8 Å². The Labute approximate surface area is 164 Å². The molecule has 1 amide bonds. The maximum atomic E-state index is 12.7. The quantitative estimate of drug-likeness (QED) is 0.572. The summed E-state index contributed by atoms with van der Waals surface area (Å²) in [6.07, 6.45) is 4.84. The number of pyridine rings is 1. The Morgan fingerprint density at radius 1 is 1.11 bits per heavy atom. The minimum Gasteiger partial charge on any atom is -0.292 e. The summed E-state index contributed by atoms with van der Waals surface area (Å²) in [6.45, 7) is 3.78. The highest BCUT2D eigenvalue weighted by Gasteiger charge is 2.28. The van der Waals surface area contributed by atoms with Gasteiger partial charge in [0, 0.05) is 38.6 Å². The highest BCUT2D eigenvalue weighted by atomic mass is 32.2. The zero-order valence-corrected chi connectivity index (χ0v) is 16.5. The molecule has 8 nitrogen and oxygen atoms in total. The van der Waals surface area contributed by atoms with Crippen molar-refractivity contribution in [3.8, 4) is 0 Å². The lowest BCUT2D eigenvalue weighted by molar-refractivity contribution is -0.122. The first kappa shape index (κ1) is 20.1. The molecular formula is C19H23N5O3S. The topological polar surface area (TPSA) is 95.0 Å². The summed E-state index contributed by atoms with van der Waals surface area (Å²) in [5.41, 5.74) is 4.34. The molecule has 1 aliphatic rings. The zero-order chi connectivity index (χ0) is 20.0. The van der Waals surface area contributed by atoms with Gasteiger partial charge < -0.3 is 0 Å². The largest absolute Gasteiger partial charge is 0.292 e. The Bertz CT molecular complexity index is 922. The lowest BCUT2D eigenvalue weighted by Crippen LogP contribution is -2.50. The number of sulfonamides is 1. The van der Waals surface area contributed by atoms with Crippen molar-refractivity contribution in [3.63, 3.8) is 0 Å². The minimum absolute atomic E-state index is 0.173. The summed E-state index contributed by atoms with van der Waals surface area (Å²) in [5, 5.41) is 3.92. The van der Waals surface area contributed by atoms with Crippen LogP contribution in [-0.4, -0.2) is 67.5 Å². The third-order valence-corrected chi connectivity index (χ3v) is 6.38. The molecule has 9 heteroatoms. The Morgan fingerprint density at radius 2 is 1.75 bits per heavy atom. The maximum absolute atomic E-state index is 12.7. The van der Waals surface area contributed by atoms with Crippen LogP contribution in [0.4, 0.5) is 0 Å². The van der Waals surface area contributed by atoms with Crippen molar-refractivity contribution < 1.29 is 13.2 Å². The van der Waals surface area contributed by atoms with Crippen molar-refractivity contribution in [1.29, 1.82) is 0 Å². The second kappa shape index (κ2) is 9.05. The number of nitrogens with zero attached hydrogens (tertiary/aromatic N) is 4. The van der Waals surface area contributed by atoms with Crippen LogP contribution in [0.5, 0.6) is 0 Å². The Hall–Kier alpha value is -2.62. The van der Waals surface area contributed by atoms with Crippen molar-refractivity contribution in [1.82, 2.24) is 19.6 Å². The van der Waals surface area contributed by atoms with E-state index in [1.165, 1.54) is 4.31 Å². The van der Waals surface area contributed by atoms with Gasteiger partial charge in [-0.2, -0.15) is 9.41 Å². The van der Waals surface area contributed by atoms with Crippen LogP contribution in [0, 0.1) is 6.92 Å². The van der Waals surface area contributed by atoms with Gasteiger partial charge in [-0.25, -0.2) is 13.8 Å². The summed E-state index contributed by atoms with van der Waals surface area (Å²) in [7, 11) is -3.50. The van der Waals surface area contributed by atoms with Gasteiger partial charge in [0.2, 0.25) is 10.0 Å². The molecule has 2 heterocycles. The van der Waals surface area contributed by atoms with Crippen LogP contribution >= 0.6 is 0 Å². The standard InChI is InChI=1S/C19H23N5O3S/c1-16-2-4-18(5-3-16)28(26,27)24-12-10-23(11-13-24)15-19(25)22-21-14-17-6-8-20-9-7-17/h2-9,14H,10-13,15H2,1H3,(H,22,25). The Morgan fingerprint density at radius 3 is 2.39 bits per heavy atom. The first-order valence-electron chi connectivity index (χ1n) is 8.96. The smallest absolute Gasteiger partial charge is 0.254 e. The number of amides is 1. The molecule has 1 aliphatic heterocycles. The molecule has 148 valence electrons. The predicted molar refractivity (Wildman–Crippen MR) is 106 cm³/mol. The van der Waals surface area contributed by atoms with E-state index in [4.69, 9.17) is 0 Å². The lowest BCUT2D eigenvalue weighted by atomic mass is 10.2. The molecule has 3 rings (SSSR count). The number of aryl methyl sites for hydroxylation is 1. The van der Waals surface area contributed by atoms with Gasteiger partial charge in [0.1, 0.15) is 0 Å². The highest BCUT2D eigenvalue weighted by Crippen LogP contribution is 2.18. The van der Waals surface area contributed by atoms with E-state index in [0.29, 0.717) is 31.1 Å². The minimum atomic E-state index is -3.50. The Balaban J connectivity index is 1.48. The van der Waals surface area contributed by atoms with Crippen molar-refractivity contribution >= 4 is 22.1 Å². The van der Waals surface area contributed by atoms with Gasteiger partial charge in [-0.1, -0.05) is 17.7 Å². The second-order valence-corrected chi connectivity index (χ2v) is 8.50. The zero-order valence-electron chi connectivity index (χ0n) is 15.7. The first-order chi connectivity index (χ1) is 13.4. The van der Waals surface area contributed by atoms with Gasteiger partial charge in [0.05, 0.1) is 17.7 Å². The summed E-state index contributed by atoms with van der Waals surface area (Å²) >= 11 is 0. The fraction of sp³-hybridized carbons (Fsp3) is 0.316. The number of nitrogens with one attached hydrogen (secondary N) is 1. The molecule has 1 fully saturated rings. The summed E-state index contributed by atoms with van der Waals surface area (Å²) in [6, 6.07) is 10.4. The number of hydrogen-bond acceptors (Lipinski definition) is 6. The number of hydrogen-bond donors (Lipinski definition) is 1. The van der Waals surface area contributed by atoms with Gasteiger partial charge in [-0.15, -0.1) is 0 Å². The molecule has 2 aromatic rings. The number of carbonyl (C=O) groups is 1. The van der Waals surface area contributed by atoms with Crippen LogP contribution in [0.2, 0.25) is 0 Å². The molecule has 1 aromatic carbocycles. The van der Waals surface area contributed by atoms with E-state index >= 15 is 0 Å². The van der Waals surface area contributed by atoms with E-state index in [1.54, 1.807) is 55.0 Å². The molecule has 1 N–H and O–H groups in total. The molecule has 1 aromatic heterocycles. The molecule has 28 heavy (non-hydrogen) atoms. The van der Waals surface area contributed by atoms with Crippen LogP contribution in [0.1, 0.15) is 11.1 Å². The monoisotopic (exact) mass is 401 g/mol. The first-order valence-corrected chi connectivity index (χ1v) is 10.4. The number of rotatable bonds is 6. The normalized spacial score (nSPS) is 16.3. The molecule has 0 aliphatic carbocycles. The Kier molecular flexibility index (Phi) is 6.50. The average Bonchev–Trinajstić information content (AvgIpc) is 2.69. The molecule has 0 saturated carbocycles. The molecule has 1 saturated heterocycles. The highest BCUT2D eigenvalue weighted by molar-refractivity contribution is 7.89. The van der Waals surface area contributed by atoms with Crippen LogP contribution in [0.15, 0.2) is 58.8 Å². The summed E-state index contributed by atoms with van der Waals surface area (Å²) in [4.78, 5) is 18.1. The predicted octanol–water partition coefficient (Wildman–Crippen LogP) is 0.847. The van der Waals surface area contributed by atoms with Crippen LogP contribution in [-0.2, 0) is 14.8 Å². The van der Waals surface area contributed by atoms with Crippen molar-refractivity contribution in [2.24, 2.45) is 5.10 Å². The maximum Gasteiger partial charge on any atom is 0.254 e. The molecule has 0 unspecified atom stereocenters. The second-order valence-electron chi connectivity index (χ2n) is 6.57. The van der Waals surface area contributed by atoms with E-state index in [0.717, 1.165) is 11.1 Å². The summed E-state index contributed by atoms with van der Waals surface area (Å²) in [5.74, 6) is -0.236. The fourth-order valence-corrected chi connectivity index (χ4v) is 4.28. The van der Waals surface area contributed by atoms with Gasteiger partial charge >= 0.3 is 0 Å². The lowest BCUT2D eigenvalue weighted by Gasteiger charge is -2.33. The van der Waals surface area contributed by atoms with Gasteiger partial charge in [-0.3, -0.25) is 14.7 Å². The molecule has 0 spiro atoms. The van der Waals surface area contributed by atoms with Gasteiger partial charge in [0.25, 0.3) is 5.91 Å². The number of piperazine rings is 1. The van der Waals surface area contributed by atoms with Crippen molar-refractivity contribution in [3.05, 3.63) is 59.9 Å². The SMILES string of the molecule is Cc1ccc(S(=O)(=O)N2CCN(CC(=O)NN=Cc3ccncc3)CC2)cc1. The third-order valence-electron chi connectivity index (χ3n) is 4.47. The van der Waals surface area contributed by atoms with Crippen LogP contribution in [0.25, 0.3) is 0 Å². The third kappa shape index (κ3) is 5.22. The van der Waals surface area contributed by atoms with Crippen molar-refractivity contribution in [2.45, 2.75) is 11.8 Å². The van der Waals surface area contributed by atoms with Gasteiger partial charge in [0.15, 0.2) is 0 Å². The fourth-order valence-electron chi connectivity index (χ4n) is 2.85. The number of benzene rings is 1. The van der Waals surface area contributed by atoms with E-state index in [2.05, 4.69) is 15.5 Å². The molecule has 0 bridgehead atoms. The van der Waals surface area contributed by atoms with E-state index in [9.17, 15) is 13.2 Å². The van der Waals surface area contributed by atoms with E-state index < -0.39 is 10.0 Å². The number of hydrazone groups is 1. The molecule has 0 radical (unpaired) electrons. The average molecular weight is 401 g/mol. The van der Waals surface area contributed by atoms with Crippen molar-refractivity contribution in [2.75, 3.05) is 32.7 Å². The number of aromatic nitrogens is 1.